The topological polar surface area (TPSA) is 135 Å². The summed E-state index contributed by atoms with van der Waals surface area (Å²) in [5.41, 5.74) is 1.28. The Morgan fingerprint density at radius 1 is 1.03 bits per heavy atom. The van der Waals surface area contributed by atoms with Gasteiger partial charge in [0.1, 0.15) is 20.5 Å². The van der Waals surface area contributed by atoms with Crippen LogP contribution in [0, 0.1) is 20.8 Å². The number of aromatic nitrogens is 1. The summed E-state index contributed by atoms with van der Waals surface area (Å²) in [6.07, 6.45) is 0. The van der Waals surface area contributed by atoms with E-state index in [-0.39, 0.29) is 49.1 Å². The third kappa shape index (κ3) is 5.00. The molecule has 0 spiro atoms. The molecule has 33 heavy (non-hydrogen) atoms. The Bertz CT molecular complexity index is 1370. The number of hydrogen-bond acceptors (Lipinski definition) is 8. The summed E-state index contributed by atoms with van der Waals surface area (Å²) >= 11 is 6.94. The number of carbonyl (C=O) groups is 3. The second kappa shape index (κ2) is 9.08. The minimum absolute atomic E-state index is 0.00613. The molecule has 3 aromatic rings. The molecule has 0 radical (unpaired) electrons. The maximum absolute atomic E-state index is 13.2. The molecule has 2 N–H and O–H groups in total. The van der Waals surface area contributed by atoms with Gasteiger partial charge in [0.2, 0.25) is 0 Å². The van der Waals surface area contributed by atoms with Gasteiger partial charge in [0.25, 0.3) is 21.8 Å². The second-order valence-corrected chi connectivity index (χ2v) is 10.7. The summed E-state index contributed by atoms with van der Waals surface area (Å²) in [5.74, 6) is -1.78. The lowest BCUT2D eigenvalue weighted by Gasteiger charge is -2.14. The largest absolute Gasteiger partial charge is 0.336 e. The van der Waals surface area contributed by atoms with Gasteiger partial charge in [-0.3, -0.25) is 14.4 Å². The lowest BCUT2D eigenvalue weighted by atomic mass is 9.98. The van der Waals surface area contributed by atoms with Crippen molar-refractivity contribution >= 4 is 62.0 Å². The van der Waals surface area contributed by atoms with Crippen molar-refractivity contribution in [1.82, 2.24) is 5.16 Å². The molecule has 0 aliphatic carbocycles. The quantitative estimate of drug-likeness (QED) is 0.437. The fourth-order valence-electron chi connectivity index (χ4n) is 3.09. The number of anilines is 2. The highest BCUT2D eigenvalue weighted by molar-refractivity contribution is 7.93. The Kier molecular flexibility index (Phi) is 6.78. The lowest BCUT2D eigenvalue weighted by molar-refractivity contribution is 0.101. The molecule has 0 saturated heterocycles. The first-order valence-electron chi connectivity index (χ1n) is 9.54. The van der Waals surface area contributed by atoms with Crippen molar-refractivity contribution in [3.05, 3.63) is 55.4 Å². The van der Waals surface area contributed by atoms with Crippen molar-refractivity contribution in [3.63, 3.8) is 0 Å². The maximum atomic E-state index is 13.2. The third-order valence-corrected chi connectivity index (χ3v) is 7.59. The summed E-state index contributed by atoms with van der Waals surface area (Å²) in [6, 6.07) is 4.43. The number of rotatable bonds is 7. The SMILES string of the molecule is CC(=O)c1cc(C)cc(C(C)=O)c1NC(=O)c1sc(C)cc1S(=O)(=O)Nc1onc(C)c1Cl. The summed E-state index contributed by atoms with van der Waals surface area (Å²) in [4.78, 5) is 37.6. The Hall–Kier alpha value is -3.02. The van der Waals surface area contributed by atoms with Gasteiger partial charge in [-0.2, -0.15) is 0 Å². The average molecular weight is 510 g/mol. The molecule has 12 heteroatoms. The summed E-state index contributed by atoms with van der Waals surface area (Å²) in [5, 5.41) is 6.16. The lowest BCUT2D eigenvalue weighted by Crippen LogP contribution is -2.20. The summed E-state index contributed by atoms with van der Waals surface area (Å²) in [6.45, 7) is 7.52. The second-order valence-electron chi connectivity index (χ2n) is 7.37. The molecule has 2 aromatic heterocycles. The predicted octanol–water partition coefficient (Wildman–Crippen LogP) is 4.77. The molecule has 0 fully saturated rings. The van der Waals surface area contributed by atoms with Crippen molar-refractivity contribution in [1.29, 1.82) is 0 Å². The van der Waals surface area contributed by atoms with Crippen molar-refractivity contribution < 1.29 is 27.3 Å². The van der Waals surface area contributed by atoms with E-state index < -0.39 is 15.9 Å². The van der Waals surface area contributed by atoms with Crippen LogP contribution in [0.4, 0.5) is 11.6 Å². The van der Waals surface area contributed by atoms with Crippen molar-refractivity contribution in [2.24, 2.45) is 0 Å². The maximum Gasteiger partial charge on any atom is 0.267 e. The zero-order valence-electron chi connectivity index (χ0n) is 18.3. The Morgan fingerprint density at radius 2 is 1.61 bits per heavy atom. The Labute approximate surface area is 199 Å². The van der Waals surface area contributed by atoms with E-state index in [1.807, 2.05) is 0 Å². The van der Waals surface area contributed by atoms with Crippen LogP contribution >= 0.6 is 22.9 Å². The number of hydrogen-bond donors (Lipinski definition) is 2. The van der Waals surface area contributed by atoms with Crippen LogP contribution in [0.2, 0.25) is 5.02 Å². The normalized spacial score (nSPS) is 11.3. The van der Waals surface area contributed by atoms with Crippen LogP contribution in [-0.4, -0.2) is 31.0 Å². The number of amides is 1. The molecule has 1 amide bonds. The molecule has 0 unspecified atom stereocenters. The molecule has 0 atom stereocenters. The number of halogens is 1. The number of nitrogens with zero attached hydrogens (tertiary/aromatic N) is 1. The number of thiophene rings is 1. The molecular weight excluding hydrogens is 490 g/mol. The standard InChI is InChI=1S/C21H20ClN3O6S2/c1-9-6-14(12(4)26)18(15(7-9)13(5)27)23-20(28)19-16(8-10(2)32-19)33(29,30)25-21-17(22)11(3)24-31-21/h6-8,25H,1-5H3,(H,23,28). The highest BCUT2D eigenvalue weighted by Gasteiger charge is 2.29. The fraction of sp³-hybridized carbons (Fsp3) is 0.238. The molecular formula is C21H20ClN3O6S2. The van der Waals surface area contributed by atoms with Gasteiger partial charge in [0.15, 0.2) is 11.6 Å². The molecule has 0 bridgehead atoms. The molecule has 1 aromatic carbocycles. The third-order valence-electron chi connectivity index (χ3n) is 4.61. The zero-order chi connectivity index (χ0) is 24.7. The van der Waals surface area contributed by atoms with Crippen LogP contribution < -0.4 is 10.0 Å². The van der Waals surface area contributed by atoms with E-state index in [4.69, 9.17) is 16.1 Å². The number of benzene rings is 1. The van der Waals surface area contributed by atoms with Crippen LogP contribution in [-0.2, 0) is 10.0 Å². The molecule has 0 aliphatic heterocycles. The van der Waals surface area contributed by atoms with Gasteiger partial charge in [0.05, 0.1) is 5.69 Å². The van der Waals surface area contributed by atoms with Gasteiger partial charge in [0, 0.05) is 16.0 Å². The Morgan fingerprint density at radius 3 is 2.09 bits per heavy atom. The van der Waals surface area contributed by atoms with Gasteiger partial charge in [-0.15, -0.1) is 11.3 Å². The van der Waals surface area contributed by atoms with E-state index in [0.717, 1.165) is 11.3 Å². The van der Waals surface area contributed by atoms with Crippen molar-refractivity contribution in [3.8, 4) is 0 Å². The number of aryl methyl sites for hydroxylation is 3. The molecule has 0 saturated carbocycles. The first kappa shape index (κ1) is 24.6. The highest BCUT2D eigenvalue weighted by atomic mass is 35.5. The smallest absolute Gasteiger partial charge is 0.267 e. The number of nitrogens with one attached hydrogen (secondary N) is 2. The van der Waals surface area contributed by atoms with Crippen LogP contribution in [0.15, 0.2) is 27.6 Å². The van der Waals surface area contributed by atoms with Crippen LogP contribution in [0.5, 0.6) is 0 Å². The summed E-state index contributed by atoms with van der Waals surface area (Å²) < 4.78 is 33.1. The molecule has 2 heterocycles. The molecule has 174 valence electrons. The number of sulfonamides is 1. The van der Waals surface area contributed by atoms with Crippen LogP contribution in [0.25, 0.3) is 0 Å². The zero-order valence-corrected chi connectivity index (χ0v) is 20.7. The summed E-state index contributed by atoms with van der Waals surface area (Å²) in [7, 11) is -4.28. The van der Waals surface area contributed by atoms with Gasteiger partial charge >= 0.3 is 0 Å². The first-order chi connectivity index (χ1) is 15.3. The van der Waals surface area contributed by atoms with Crippen molar-refractivity contribution in [2.45, 2.75) is 39.5 Å². The van der Waals surface area contributed by atoms with Gasteiger partial charge < -0.3 is 9.84 Å². The van der Waals surface area contributed by atoms with Crippen LogP contribution in [0.1, 0.15) is 60.4 Å². The highest BCUT2D eigenvalue weighted by Crippen LogP contribution is 2.33. The Balaban J connectivity index is 2.05. The van der Waals surface area contributed by atoms with E-state index in [1.54, 1.807) is 26.0 Å². The number of carbonyl (C=O) groups excluding carboxylic acids is 3. The first-order valence-corrected chi connectivity index (χ1v) is 12.2. The van der Waals surface area contributed by atoms with E-state index in [1.165, 1.54) is 26.8 Å². The van der Waals surface area contributed by atoms with E-state index in [0.29, 0.717) is 16.1 Å². The van der Waals surface area contributed by atoms with Gasteiger partial charge in [-0.05, 0) is 58.4 Å². The minimum atomic E-state index is -4.28. The number of Topliss-reactive ketones (excluding diaryl/α,β-unsaturated/α-hetero) is 2. The number of ketones is 2. The average Bonchev–Trinajstić information content (AvgIpc) is 3.26. The molecule has 3 rings (SSSR count). The van der Waals surface area contributed by atoms with Crippen molar-refractivity contribution in [2.75, 3.05) is 10.0 Å². The predicted molar refractivity (Wildman–Crippen MR) is 125 cm³/mol. The molecule has 0 aliphatic rings. The van der Waals surface area contributed by atoms with Crippen LogP contribution in [0.3, 0.4) is 0 Å². The fourth-order valence-corrected chi connectivity index (χ4v) is 5.76. The van der Waals surface area contributed by atoms with Gasteiger partial charge in [-0.25, -0.2) is 13.1 Å². The minimum Gasteiger partial charge on any atom is -0.336 e. The van der Waals surface area contributed by atoms with E-state index >= 15 is 0 Å². The molecule has 9 nitrogen and oxygen atoms in total. The monoisotopic (exact) mass is 509 g/mol. The van der Waals surface area contributed by atoms with E-state index in [9.17, 15) is 22.8 Å². The van der Waals surface area contributed by atoms with Gasteiger partial charge in [-0.1, -0.05) is 16.8 Å². The van der Waals surface area contributed by atoms with E-state index in [2.05, 4.69) is 15.2 Å².